The molecule has 0 spiro atoms. The smallest absolute Gasteiger partial charge is 0.224 e. The Balaban J connectivity index is 2.63. The van der Waals surface area contributed by atoms with Crippen LogP contribution in [0.4, 0.5) is 4.39 Å². The Bertz CT molecular complexity index is 667. The standard InChI is InChI=1S/C13H13ClFNO3S/c1-20(18,19)12-10(14)6-9(7-11(12)15)13(16-8-17)4-2-3-5-13/h6-7H,2-5H2,1H3. The van der Waals surface area contributed by atoms with E-state index < -0.39 is 26.1 Å². The molecule has 4 nitrogen and oxygen atoms in total. The maximum Gasteiger partial charge on any atom is 0.235 e. The summed E-state index contributed by atoms with van der Waals surface area (Å²) in [5, 5.41) is -0.185. The molecular formula is C13H13ClFNO3S. The number of carbonyl (C=O) groups excluding carboxylic acids is 1. The molecule has 0 heterocycles. The first-order valence-corrected chi connectivity index (χ1v) is 8.36. The van der Waals surface area contributed by atoms with Crippen molar-refractivity contribution in [2.75, 3.05) is 6.26 Å². The molecule has 0 atom stereocenters. The van der Waals surface area contributed by atoms with Gasteiger partial charge in [0.2, 0.25) is 6.08 Å². The largest absolute Gasteiger partial charge is 0.235 e. The van der Waals surface area contributed by atoms with Gasteiger partial charge >= 0.3 is 0 Å². The van der Waals surface area contributed by atoms with Crippen LogP contribution in [0.2, 0.25) is 5.02 Å². The summed E-state index contributed by atoms with van der Waals surface area (Å²) in [7, 11) is -3.75. The van der Waals surface area contributed by atoms with Crippen molar-refractivity contribution in [2.24, 2.45) is 4.99 Å². The molecule has 20 heavy (non-hydrogen) atoms. The highest BCUT2D eigenvalue weighted by Gasteiger charge is 2.37. The van der Waals surface area contributed by atoms with Crippen LogP contribution in [0.3, 0.4) is 0 Å². The van der Waals surface area contributed by atoms with E-state index in [4.69, 9.17) is 11.6 Å². The number of isocyanates is 1. The zero-order chi connectivity index (χ0) is 15.0. The van der Waals surface area contributed by atoms with Gasteiger partial charge in [-0.25, -0.2) is 17.6 Å². The van der Waals surface area contributed by atoms with Crippen molar-refractivity contribution in [3.05, 3.63) is 28.5 Å². The van der Waals surface area contributed by atoms with Crippen LogP contribution in [0.1, 0.15) is 31.2 Å². The highest BCUT2D eigenvalue weighted by atomic mass is 35.5. The van der Waals surface area contributed by atoms with Crippen LogP contribution in [0.25, 0.3) is 0 Å². The second-order valence-corrected chi connectivity index (χ2v) is 7.34. The number of aliphatic imine (C=N–C) groups is 1. The Morgan fingerprint density at radius 3 is 2.40 bits per heavy atom. The molecule has 0 N–H and O–H groups in total. The molecule has 0 saturated heterocycles. The van der Waals surface area contributed by atoms with E-state index in [0.29, 0.717) is 18.4 Å². The second kappa shape index (κ2) is 5.28. The molecule has 108 valence electrons. The molecule has 1 aromatic carbocycles. The molecule has 1 aliphatic carbocycles. The van der Waals surface area contributed by atoms with Gasteiger partial charge in [0.05, 0.1) is 10.6 Å². The fraction of sp³-hybridized carbons (Fsp3) is 0.462. The maximum absolute atomic E-state index is 14.1. The summed E-state index contributed by atoms with van der Waals surface area (Å²) in [6.45, 7) is 0. The first-order valence-electron chi connectivity index (χ1n) is 6.09. The van der Waals surface area contributed by atoms with Gasteiger partial charge in [-0.3, -0.25) is 0 Å². The van der Waals surface area contributed by atoms with Gasteiger partial charge < -0.3 is 0 Å². The first kappa shape index (κ1) is 15.2. The number of sulfone groups is 1. The van der Waals surface area contributed by atoms with Crippen LogP contribution in [0.15, 0.2) is 22.0 Å². The Morgan fingerprint density at radius 2 is 1.95 bits per heavy atom. The number of nitrogens with zero attached hydrogens (tertiary/aromatic N) is 1. The predicted molar refractivity (Wildman–Crippen MR) is 72.8 cm³/mol. The van der Waals surface area contributed by atoms with E-state index in [1.54, 1.807) is 0 Å². The van der Waals surface area contributed by atoms with E-state index in [1.807, 2.05) is 0 Å². The molecular weight excluding hydrogens is 305 g/mol. The summed E-state index contributed by atoms with van der Waals surface area (Å²) >= 11 is 5.90. The van der Waals surface area contributed by atoms with Crippen LogP contribution in [-0.4, -0.2) is 20.8 Å². The van der Waals surface area contributed by atoms with Gasteiger partial charge in [-0.15, -0.1) is 0 Å². The van der Waals surface area contributed by atoms with Crippen molar-refractivity contribution in [3.63, 3.8) is 0 Å². The average molecular weight is 318 g/mol. The van der Waals surface area contributed by atoms with E-state index >= 15 is 0 Å². The van der Waals surface area contributed by atoms with Gasteiger partial charge in [-0.2, -0.15) is 4.99 Å². The molecule has 0 aliphatic heterocycles. The molecule has 0 bridgehead atoms. The van der Waals surface area contributed by atoms with Crippen molar-refractivity contribution in [3.8, 4) is 0 Å². The molecule has 2 rings (SSSR count). The van der Waals surface area contributed by atoms with E-state index in [1.165, 1.54) is 12.1 Å². The van der Waals surface area contributed by atoms with Crippen LogP contribution in [-0.2, 0) is 20.2 Å². The highest BCUT2D eigenvalue weighted by Crippen LogP contribution is 2.43. The normalized spacial score (nSPS) is 17.8. The van der Waals surface area contributed by atoms with Crippen LogP contribution >= 0.6 is 11.6 Å². The minimum absolute atomic E-state index is 0.185. The molecule has 1 aliphatic rings. The van der Waals surface area contributed by atoms with Gasteiger partial charge in [0.1, 0.15) is 10.7 Å². The highest BCUT2D eigenvalue weighted by molar-refractivity contribution is 7.90. The summed E-state index contributed by atoms with van der Waals surface area (Å²) in [6, 6.07) is 2.49. The Morgan fingerprint density at radius 1 is 1.35 bits per heavy atom. The van der Waals surface area contributed by atoms with Crippen LogP contribution in [0.5, 0.6) is 0 Å². The average Bonchev–Trinajstić information content (AvgIpc) is 2.76. The zero-order valence-corrected chi connectivity index (χ0v) is 12.4. The Hall–Kier alpha value is -1.23. The minimum Gasteiger partial charge on any atom is -0.224 e. The number of benzene rings is 1. The van der Waals surface area contributed by atoms with Crippen molar-refractivity contribution in [1.82, 2.24) is 0 Å². The topological polar surface area (TPSA) is 63.6 Å². The molecule has 0 radical (unpaired) electrons. The van der Waals surface area contributed by atoms with Crippen molar-refractivity contribution in [2.45, 2.75) is 36.1 Å². The number of rotatable bonds is 3. The third-order valence-corrected chi connectivity index (χ3v) is 5.16. The lowest BCUT2D eigenvalue weighted by Crippen LogP contribution is -2.20. The van der Waals surface area contributed by atoms with E-state index in [-0.39, 0.29) is 5.02 Å². The molecule has 1 saturated carbocycles. The monoisotopic (exact) mass is 317 g/mol. The zero-order valence-electron chi connectivity index (χ0n) is 10.8. The molecule has 7 heteroatoms. The van der Waals surface area contributed by atoms with Crippen molar-refractivity contribution < 1.29 is 17.6 Å². The van der Waals surface area contributed by atoms with Crippen LogP contribution in [0, 0.1) is 5.82 Å². The van der Waals surface area contributed by atoms with Gasteiger partial charge in [0, 0.05) is 6.26 Å². The van der Waals surface area contributed by atoms with Crippen molar-refractivity contribution in [1.29, 1.82) is 0 Å². The van der Waals surface area contributed by atoms with Gasteiger partial charge in [-0.05, 0) is 30.5 Å². The maximum atomic E-state index is 14.1. The number of hydrogen-bond donors (Lipinski definition) is 0. The fourth-order valence-electron chi connectivity index (χ4n) is 2.70. The molecule has 0 aromatic heterocycles. The predicted octanol–water partition coefficient (Wildman–Crippen LogP) is 2.99. The molecule has 0 amide bonds. The third kappa shape index (κ3) is 2.64. The molecule has 1 aromatic rings. The van der Waals surface area contributed by atoms with Gasteiger partial charge in [0.15, 0.2) is 9.84 Å². The Labute approximate surface area is 121 Å². The quantitative estimate of drug-likeness (QED) is 0.636. The summed E-state index contributed by atoms with van der Waals surface area (Å²) in [6.07, 6.45) is 5.32. The van der Waals surface area contributed by atoms with Crippen LogP contribution < -0.4 is 0 Å². The van der Waals surface area contributed by atoms with E-state index in [2.05, 4.69) is 4.99 Å². The Kier molecular flexibility index (Phi) is 4.00. The third-order valence-electron chi connectivity index (χ3n) is 3.60. The molecule has 0 unspecified atom stereocenters. The summed E-state index contributed by atoms with van der Waals surface area (Å²) in [5.74, 6) is -0.914. The lowest BCUT2D eigenvalue weighted by molar-refractivity contribution is 0.451. The van der Waals surface area contributed by atoms with E-state index in [0.717, 1.165) is 25.2 Å². The fourth-order valence-corrected chi connectivity index (χ4v) is 4.15. The first-order chi connectivity index (χ1) is 9.30. The van der Waals surface area contributed by atoms with Gasteiger partial charge in [-0.1, -0.05) is 24.4 Å². The minimum atomic E-state index is -3.75. The lowest BCUT2D eigenvalue weighted by atomic mass is 9.89. The van der Waals surface area contributed by atoms with Crippen molar-refractivity contribution >= 4 is 27.5 Å². The lowest BCUT2D eigenvalue weighted by Gasteiger charge is -2.23. The van der Waals surface area contributed by atoms with E-state index in [9.17, 15) is 17.6 Å². The summed E-state index contributed by atoms with van der Waals surface area (Å²) in [5.41, 5.74) is -0.407. The van der Waals surface area contributed by atoms with Gasteiger partial charge in [0.25, 0.3) is 0 Å². The number of halogens is 2. The summed E-state index contributed by atoms with van der Waals surface area (Å²) < 4.78 is 37.1. The second-order valence-electron chi connectivity index (χ2n) is 4.98. The summed E-state index contributed by atoms with van der Waals surface area (Å²) in [4.78, 5) is 13.9. The SMILES string of the molecule is CS(=O)(=O)c1c(F)cc(C2(N=C=O)CCCC2)cc1Cl. The number of hydrogen-bond acceptors (Lipinski definition) is 4. The molecule has 1 fully saturated rings.